The van der Waals surface area contributed by atoms with Crippen LogP contribution in [0.4, 0.5) is 0 Å². The zero-order valence-electron chi connectivity index (χ0n) is 14.9. The Kier molecular flexibility index (Phi) is 7.27. The van der Waals surface area contributed by atoms with Crippen LogP contribution in [0.3, 0.4) is 0 Å². The van der Waals surface area contributed by atoms with Crippen LogP contribution >= 0.6 is 0 Å². The first-order valence-electron chi connectivity index (χ1n) is 8.79. The molecule has 0 bridgehead atoms. The minimum atomic E-state index is -0.0687. The van der Waals surface area contributed by atoms with E-state index >= 15 is 0 Å². The summed E-state index contributed by atoms with van der Waals surface area (Å²) in [6.07, 6.45) is 3.54. The Labute approximate surface area is 149 Å². The number of guanidine groups is 1. The van der Waals surface area contributed by atoms with Crippen molar-refractivity contribution in [2.75, 3.05) is 13.7 Å². The van der Waals surface area contributed by atoms with Crippen LogP contribution in [0, 0.1) is 17.2 Å². The molecule has 1 aromatic rings. The van der Waals surface area contributed by atoms with Crippen molar-refractivity contribution in [3.8, 4) is 6.07 Å². The molecule has 1 aliphatic carbocycles. The van der Waals surface area contributed by atoms with Crippen molar-refractivity contribution >= 4 is 11.9 Å². The van der Waals surface area contributed by atoms with E-state index in [-0.39, 0.29) is 11.9 Å². The van der Waals surface area contributed by atoms with Crippen molar-refractivity contribution in [1.29, 1.82) is 5.26 Å². The molecule has 25 heavy (non-hydrogen) atoms. The third-order valence-electron chi connectivity index (χ3n) is 4.43. The summed E-state index contributed by atoms with van der Waals surface area (Å²) in [5.74, 6) is 0.699. The van der Waals surface area contributed by atoms with Crippen molar-refractivity contribution in [3.63, 3.8) is 0 Å². The number of aliphatic imine (C=N–C) groups is 1. The van der Waals surface area contributed by atoms with Crippen LogP contribution < -0.4 is 10.6 Å². The van der Waals surface area contributed by atoms with Crippen LogP contribution in [0.1, 0.15) is 43.7 Å². The normalized spacial score (nSPS) is 20.4. The van der Waals surface area contributed by atoms with Gasteiger partial charge >= 0.3 is 5.97 Å². The molecule has 0 saturated heterocycles. The zero-order chi connectivity index (χ0) is 18.1. The van der Waals surface area contributed by atoms with E-state index in [2.05, 4.69) is 21.7 Å². The van der Waals surface area contributed by atoms with E-state index in [1.807, 2.05) is 25.1 Å². The molecule has 1 aliphatic rings. The Hall–Kier alpha value is -2.55. The van der Waals surface area contributed by atoms with Gasteiger partial charge in [-0.3, -0.25) is 9.79 Å². The van der Waals surface area contributed by atoms with Gasteiger partial charge in [0.1, 0.15) is 0 Å². The predicted octanol–water partition coefficient (Wildman–Crippen LogP) is 2.35. The van der Waals surface area contributed by atoms with Crippen molar-refractivity contribution in [3.05, 3.63) is 35.4 Å². The fourth-order valence-electron chi connectivity index (χ4n) is 3.06. The van der Waals surface area contributed by atoms with Crippen LogP contribution in [0.15, 0.2) is 29.3 Å². The van der Waals surface area contributed by atoms with Crippen molar-refractivity contribution in [2.45, 2.75) is 45.2 Å². The second kappa shape index (κ2) is 9.67. The fraction of sp³-hybridized carbons (Fsp3) is 0.526. The number of hydrogen-bond donors (Lipinski definition) is 2. The van der Waals surface area contributed by atoms with Crippen LogP contribution in [0.5, 0.6) is 0 Å². The van der Waals surface area contributed by atoms with Gasteiger partial charge in [-0.25, -0.2) is 0 Å². The summed E-state index contributed by atoms with van der Waals surface area (Å²) in [6.45, 7) is 2.89. The lowest BCUT2D eigenvalue weighted by atomic mass is 9.86. The topological polar surface area (TPSA) is 86.5 Å². The Morgan fingerprint density at radius 2 is 2.12 bits per heavy atom. The van der Waals surface area contributed by atoms with Gasteiger partial charge in [0, 0.05) is 19.6 Å². The highest BCUT2D eigenvalue weighted by Crippen LogP contribution is 2.25. The molecule has 0 unspecified atom stereocenters. The molecule has 6 nitrogen and oxygen atoms in total. The van der Waals surface area contributed by atoms with E-state index in [0.29, 0.717) is 24.8 Å². The summed E-state index contributed by atoms with van der Waals surface area (Å²) in [5.41, 5.74) is 1.69. The third kappa shape index (κ3) is 5.79. The minimum Gasteiger partial charge on any atom is -0.466 e. The molecule has 1 aromatic carbocycles. The number of carbonyl (C=O) groups excluding carboxylic acids is 1. The first-order valence-corrected chi connectivity index (χ1v) is 8.79. The van der Waals surface area contributed by atoms with Gasteiger partial charge in [0.25, 0.3) is 0 Å². The van der Waals surface area contributed by atoms with E-state index in [1.165, 1.54) is 0 Å². The number of hydrogen-bond acceptors (Lipinski definition) is 4. The Morgan fingerprint density at radius 1 is 1.36 bits per heavy atom. The Balaban J connectivity index is 1.79. The zero-order valence-corrected chi connectivity index (χ0v) is 14.9. The molecule has 0 aromatic heterocycles. The summed E-state index contributed by atoms with van der Waals surface area (Å²) in [5, 5.41) is 15.7. The number of carbonyl (C=O) groups is 1. The first-order chi connectivity index (χ1) is 12.2. The molecule has 0 aliphatic heterocycles. The van der Waals surface area contributed by atoms with Gasteiger partial charge in [-0.05, 0) is 50.3 Å². The number of ether oxygens (including phenoxy) is 1. The molecule has 0 spiro atoms. The van der Waals surface area contributed by atoms with E-state index in [9.17, 15) is 4.79 Å². The average molecular weight is 342 g/mol. The highest BCUT2D eigenvalue weighted by Gasteiger charge is 2.27. The van der Waals surface area contributed by atoms with E-state index < -0.39 is 0 Å². The second-order valence-corrected chi connectivity index (χ2v) is 6.18. The molecular weight excluding hydrogens is 316 g/mol. The maximum Gasteiger partial charge on any atom is 0.308 e. The number of nitrogens with zero attached hydrogens (tertiary/aromatic N) is 2. The summed E-state index contributed by atoms with van der Waals surface area (Å²) >= 11 is 0. The van der Waals surface area contributed by atoms with Gasteiger partial charge in [-0.2, -0.15) is 5.26 Å². The Bertz CT molecular complexity index is 643. The maximum atomic E-state index is 11.8. The highest BCUT2D eigenvalue weighted by molar-refractivity contribution is 5.80. The van der Waals surface area contributed by atoms with Gasteiger partial charge in [0.2, 0.25) is 0 Å². The quantitative estimate of drug-likeness (QED) is 0.487. The predicted molar refractivity (Wildman–Crippen MR) is 96.9 cm³/mol. The lowest BCUT2D eigenvalue weighted by molar-refractivity contribution is -0.149. The van der Waals surface area contributed by atoms with E-state index in [4.69, 9.17) is 10.00 Å². The van der Waals surface area contributed by atoms with Gasteiger partial charge in [-0.1, -0.05) is 12.1 Å². The molecule has 1 fully saturated rings. The number of benzene rings is 1. The smallest absolute Gasteiger partial charge is 0.308 e. The summed E-state index contributed by atoms with van der Waals surface area (Å²) in [6, 6.07) is 9.96. The van der Waals surface area contributed by atoms with E-state index in [0.717, 1.165) is 37.2 Å². The molecule has 6 heteroatoms. The molecular formula is C19H26N4O2. The maximum absolute atomic E-state index is 11.8. The lowest BCUT2D eigenvalue weighted by Crippen LogP contribution is -2.45. The molecule has 2 rings (SSSR count). The molecule has 0 atom stereocenters. The number of esters is 1. The second-order valence-electron chi connectivity index (χ2n) is 6.18. The molecule has 0 heterocycles. The minimum absolute atomic E-state index is 0.0293. The van der Waals surface area contributed by atoms with E-state index in [1.54, 1.807) is 13.1 Å². The monoisotopic (exact) mass is 342 g/mol. The average Bonchev–Trinajstić information content (AvgIpc) is 2.66. The number of nitrogens with one attached hydrogen (secondary N) is 2. The number of nitriles is 1. The van der Waals surface area contributed by atoms with Crippen molar-refractivity contribution in [1.82, 2.24) is 10.6 Å². The molecule has 1 saturated carbocycles. The Morgan fingerprint density at radius 3 is 2.76 bits per heavy atom. The lowest BCUT2D eigenvalue weighted by Gasteiger charge is -2.29. The summed E-state index contributed by atoms with van der Waals surface area (Å²) in [4.78, 5) is 16.1. The SMILES string of the molecule is CCOC(=O)C1CCC(NC(=NC)NCc2cccc(C#N)c2)CC1. The largest absolute Gasteiger partial charge is 0.466 e. The van der Waals surface area contributed by atoms with Gasteiger partial charge in [0.15, 0.2) is 5.96 Å². The van der Waals surface area contributed by atoms with Crippen molar-refractivity contribution < 1.29 is 9.53 Å². The van der Waals surface area contributed by atoms with Crippen LogP contribution in [0.25, 0.3) is 0 Å². The fourth-order valence-corrected chi connectivity index (χ4v) is 3.06. The van der Waals surface area contributed by atoms with Gasteiger partial charge < -0.3 is 15.4 Å². The molecule has 134 valence electrons. The third-order valence-corrected chi connectivity index (χ3v) is 4.43. The van der Waals surface area contributed by atoms with Crippen LogP contribution in [-0.4, -0.2) is 31.6 Å². The molecule has 2 N–H and O–H groups in total. The summed E-state index contributed by atoms with van der Waals surface area (Å²) in [7, 11) is 1.74. The first kappa shape index (κ1) is 18.8. The van der Waals surface area contributed by atoms with Gasteiger partial charge in [0.05, 0.1) is 24.2 Å². The number of rotatable bonds is 5. The highest BCUT2D eigenvalue weighted by atomic mass is 16.5. The molecule has 0 radical (unpaired) electrons. The standard InChI is InChI=1S/C19H26N4O2/c1-3-25-18(24)16-7-9-17(10-8-16)23-19(21-2)22-13-15-6-4-5-14(11-15)12-20/h4-6,11,16-17H,3,7-10,13H2,1-2H3,(H2,21,22,23). The molecule has 0 amide bonds. The van der Waals surface area contributed by atoms with Gasteiger partial charge in [-0.15, -0.1) is 0 Å². The van der Waals surface area contributed by atoms with Crippen LogP contribution in [-0.2, 0) is 16.1 Å². The van der Waals surface area contributed by atoms with Crippen molar-refractivity contribution in [2.24, 2.45) is 10.9 Å². The summed E-state index contributed by atoms with van der Waals surface area (Å²) < 4.78 is 5.11. The van der Waals surface area contributed by atoms with Crippen LogP contribution in [0.2, 0.25) is 0 Å².